The number of hydrogen-bond acceptors (Lipinski definition) is 6. The summed E-state index contributed by atoms with van der Waals surface area (Å²) >= 11 is 0. The van der Waals surface area contributed by atoms with E-state index in [1.807, 2.05) is 6.92 Å². The Morgan fingerprint density at radius 3 is 2.41 bits per heavy atom. The predicted octanol–water partition coefficient (Wildman–Crippen LogP) is 2.47. The average molecular weight is 440 g/mol. The molecule has 2 aromatic carbocycles. The molecular formula is C20H25NO6S2. The second kappa shape index (κ2) is 8.73. The van der Waals surface area contributed by atoms with Crippen LogP contribution < -0.4 is 9.47 Å². The first-order valence-electron chi connectivity index (χ1n) is 9.33. The summed E-state index contributed by atoms with van der Waals surface area (Å²) in [6, 6.07) is 12.7. The van der Waals surface area contributed by atoms with Crippen LogP contribution in [-0.4, -0.2) is 52.4 Å². The van der Waals surface area contributed by atoms with Gasteiger partial charge in [0, 0.05) is 12.6 Å². The summed E-state index contributed by atoms with van der Waals surface area (Å²) < 4.78 is 62.8. The fourth-order valence-corrected chi connectivity index (χ4v) is 6.84. The molecular weight excluding hydrogens is 414 g/mol. The van der Waals surface area contributed by atoms with Crippen molar-refractivity contribution in [2.24, 2.45) is 0 Å². The summed E-state index contributed by atoms with van der Waals surface area (Å²) in [4.78, 5) is 0.105. The van der Waals surface area contributed by atoms with Crippen molar-refractivity contribution in [2.45, 2.75) is 30.8 Å². The van der Waals surface area contributed by atoms with E-state index < -0.39 is 25.9 Å². The van der Waals surface area contributed by atoms with Crippen molar-refractivity contribution in [3.05, 3.63) is 54.1 Å². The van der Waals surface area contributed by atoms with Gasteiger partial charge in [0.05, 0.1) is 30.1 Å². The smallest absolute Gasteiger partial charge is 0.243 e. The minimum absolute atomic E-state index is 0.00885. The lowest BCUT2D eigenvalue weighted by Gasteiger charge is -2.27. The summed E-state index contributed by atoms with van der Waals surface area (Å²) in [5, 5.41) is 0. The topological polar surface area (TPSA) is 90.0 Å². The molecule has 0 amide bonds. The highest BCUT2D eigenvalue weighted by molar-refractivity contribution is 7.92. The third kappa shape index (κ3) is 5.09. The molecule has 1 heterocycles. The van der Waals surface area contributed by atoms with E-state index in [1.54, 1.807) is 36.4 Å². The SMILES string of the molecule is CCOc1ccc(S(=O)(=O)N(Cc2cccc(OC)c2)C2CCS(=O)(=O)C2)cc1. The lowest BCUT2D eigenvalue weighted by atomic mass is 10.2. The molecule has 0 saturated carbocycles. The van der Waals surface area contributed by atoms with Gasteiger partial charge in [-0.3, -0.25) is 0 Å². The van der Waals surface area contributed by atoms with Gasteiger partial charge in [0.1, 0.15) is 11.5 Å². The van der Waals surface area contributed by atoms with Crippen molar-refractivity contribution >= 4 is 19.9 Å². The zero-order valence-electron chi connectivity index (χ0n) is 16.4. The zero-order valence-corrected chi connectivity index (χ0v) is 18.1. The highest BCUT2D eigenvalue weighted by Crippen LogP contribution is 2.28. The summed E-state index contributed by atoms with van der Waals surface area (Å²) in [5.41, 5.74) is 0.725. The number of methoxy groups -OCH3 is 1. The lowest BCUT2D eigenvalue weighted by Crippen LogP contribution is -2.40. The summed E-state index contributed by atoms with van der Waals surface area (Å²) in [6.45, 7) is 2.39. The molecule has 1 fully saturated rings. The van der Waals surface area contributed by atoms with Gasteiger partial charge in [0.2, 0.25) is 10.0 Å². The van der Waals surface area contributed by atoms with Gasteiger partial charge in [-0.2, -0.15) is 4.31 Å². The Bertz CT molecular complexity index is 1050. The predicted molar refractivity (Wildman–Crippen MR) is 110 cm³/mol. The molecule has 3 rings (SSSR count). The fraction of sp³-hybridized carbons (Fsp3) is 0.400. The number of rotatable bonds is 8. The van der Waals surface area contributed by atoms with Gasteiger partial charge in [0.25, 0.3) is 0 Å². The van der Waals surface area contributed by atoms with Crippen LogP contribution in [0.4, 0.5) is 0 Å². The molecule has 0 bridgehead atoms. The number of ether oxygens (including phenoxy) is 2. The van der Waals surface area contributed by atoms with Crippen LogP contribution in [0.2, 0.25) is 0 Å². The third-order valence-corrected chi connectivity index (χ3v) is 8.49. The molecule has 9 heteroatoms. The first-order chi connectivity index (χ1) is 13.7. The van der Waals surface area contributed by atoms with Crippen LogP contribution in [-0.2, 0) is 26.4 Å². The van der Waals surface area contributed by atoms with Gasteiger partial charge in [-0.15, -0.1) is 0 Å². The molecule has 2 aromatic rings. The Balaban J connectivity index is 1.96. The molecule has 0 aromatic heterocycles. The van der Waals surface area contributed by atoms with E-state index in [1.165, 1.54) is 23.5 Å². The molecule has 1 saturated heterocycles. The van der Waals surface area contributed by atoms with Crippen molar-refractivity contribution in [1.29, 1.82) is 0 Å². The lowest BCUT2D eigenvalue weighted by molar-refractivity contribution is 0.332. The molecule has 0 aliphatic carbocycles. The van der Waals surface area contributed by atoms with Crippen LogP contribution in [0.25, 0.3) is 0 Å². The summed E-state index contributed by atoms with van der Waals surface area (Å²) in [7, 11) is -5.63. The maximum Gasteiger partial charge on any atom is 0.243 e. The van der Waals surface area contributed by atoms with E-state index in [-0.39, 0.29) is 29.4 Å². The van der Waals surface area contributed by atoms with Crippen LogP contribution in [0.15, 0.2) is 53.4 Å². The number of sulfone groups is 1. The number of nitrogens with zero attached hydrogens (tertiary/aromatic N) is 1. The van der Waals surface area contributed by atoms with E-state index in [4.69, 9.17) is 9.47 Å². The maximum absolute atomic E-state index is 13.4. The zero-order chi connectivity index (χ0) is 21.1. The second-order valence-corrected chi connectivity index (χ2v) is 11.0. The normalized spacial score (nSPS) is 18.7. The standard InChI is InChI=1S/C20H25NO6S2/c1-3-27-18-7-9-20(10-8-18)29(24,25)21(17-11-12-28(22,23)15-17)14-16-5-4-6-19(13-16)26-2/h4-10,13,17H,3,11-12,14-15H2,1-2H3. The minimum atomic E-state index is -3.91. The van der Waals surface area contributed by atoms with E-state index >= 15 is 0 Å². The molecule has 29 heavy (non-hydrogen) atoms. The maximum atomic E-state index is 13.4. The van der Waals surface area contributed by atoms with Gasteiger partial charge in [0.15, 0.2) is 9.84 Å². The molecule has 7 nitrogen and oxygen atoms in total. The molecule has 1 aliphatic rings. The van der Waals surface area contributed by atoms with Crippen molar-refractivity contribution in [3.8, 4) is 11.5 Å². The summed E-state index contributed by atoms with van der Waals surface area (Å²) in [5.74, 6) is 1.01. The number of sulfonamides is 1. The van der Waals surface area contributed by atoms with Gasteiger partial charge in [-0.05, 0) is 55.3 Å². The average Bonchev–Trinajstić information content (AvgIpc) is 3.06. The van der Waals surface area contributed by atoms with Crippen LogP contribution in [0.3, 0.4) is 0 Å². The fourth-order valence-electron chi connectivity index (χ4n) is 3.37. The van der Waals surface area contributed by atoms with E-state index in [9.17, 15) is 16.8 Å². The van der Waals surface area contributed by atoms with Crippen molar-refractivity contribution < 1.29 is 26.3 Å². The Labute approximate surface area is 172 Å². The third-order valence-electron chi connectivity index (χ3n) is 4.83. The Morgan fingerprint density at radius 1 is 1.10 bits per heavy atom. The molecule has 1 aliphatic heterocycles. The van der Waals surface area contributed by atoms with Gasteiger partial charge in [-0.25, -0.2) is 16.8 Å². The Morgan fingerprint density at radius 2 is 1.83 bits per heavy atom. The Kier molecular flexibility index (Phi) is 6.50. The van der Waals surface area contributed by atoms with Crippen LogP contribution in [0, 0.1) is 0 Å². The highest BCUT2D eigenvalue weighted by Gasteiger charge is 2.38. The second-order valence-electron chi connectivity index (χ2n) is 6.86. The van der Waals surface area contributed by atoms with Gasteiger partial charge in [-0.1, -0.05) is 12.1 Å². The van der Waals surface area contributed by atoms with Crippen molar-refractivity contribution in [1.82, 2.24) is 4.31 Å². The van der Waals surface area contributed by atoms with Crippen LogP contribution in [0.1, 0.15) is 18.9 Å². The Hall–Kier alpha value is -2.10. The largest absolute Gasteiger partial charge is 0.497 e. The molecule has 1 atom stereocenters. The van der Waals surface area contributed by atoms with Gasteiger partial charge >= 0.3 is 0 Å². The summed E-state index contributed by atoms with van der Waals surface area (Å²) in [6.07, 6.45) is 0.280. The quantitative estimate of drug-likeness (QED) is 0.628. The molecule has 0 spiro atoms. The molecule has 0 N–H and O–H groups in total. The first kappa shape index (κ1) is 21.6. The van der Waals surface area contributed by atoms with Crippen molar-refractivity contribution in [2.75, 3.05) is 25.2 Å². The monoisotopic (exact) mass is 439 g/mol. The number of benzene rings is 2. The molecule has 1 unspecified atom stereocenters. The molecule has 0 radical (unpaired) electrons. The molecule has 158 valence electrons. The minimum Gasteiger partial charge on any atom is -0.497 e. The van der Waals surface area contributed by atoms with E-state index in [0.29, 0.717) is 18.1 Å². The van der Waals surface area contributed by atoms with E-state index in [0.717, 1.165) is 5.56 Å². The van der Waals surface area contributed by atoms with Crippen molar-refractivity contribution in [3.63, 3.8) is 0 Å². The number of hydrogen-bond donors (Lipinski definition) is 0. The van der Waals surface area contributed by atoms with Crippen LogP contribution in [0.5, 0.6) is 11.5 Å². The van der Waals surface area contributed by atoms with Gasteiger partial charge < -0.3 is 9.47 Å². The van der Waals surface area contributed by atoms with E-state index in [2.05, 4.69) is 0 Å². The first-order valence-corrected chi connectivity index (χ1v) is 12.6. The van der Waals surface area contributed by atoms with Crippen LogP contribution >= 0.6 is 0 Å². The highest BCUT2D eigenvalue weighted by atomic mass is 32.2.